The molecule has 3 N–H and O–H groups in total. The summed E-state index contributed by atoms with van der Waals surface area (Å²) < 4.78 is 1.71. The van der Waals surface area contributed by atoms with Crippen LogP contribution in [0.4, 0.5) is 5.82 Å². The summed E-state index contributed by atoms with van der Waals surface area (Å²) in [6.45, 7) is 9.62. The summed E-state index contributed by atoms with van der Waals surface area (Å²) in [7, 11) is 0. The van der Waals surface area contributed by atoms with Crippen LogP contribution in [-0.4, -0.2) is 22.6 Å². The first-order chi connectivity index (χ1) is 9.40. The Morgan fingerprint density at radius 2 is 2.10 bits per heavy atom. The first-order valence-corrected chi connectivity index (χ1v) is 7.42. The van der Waals surface area contributed by atoms with Crippen LogP contribution in [-0.2, 0) is 5.54 Å². The highest BCUT2D eigenvalue weighted by molar-refractivity contribution is 5.31. The van der Waals surface area contributed by atoms with Crippen LogP contribution < -0.4 is 16.6 Å². The molecule has 0 saturated carbocycles. The predicted octanol–water partition coefficient (Wildman–Crippen LogP) is 2.18. The molecular formula is C15H28N4O. The molecular weight excluding hydrogens is 252 g/mol. The zero-order valence-electron chi connectivity index (χ0n) is 13.1. The Morgan fingerprint density at radius 1 is 1.40 bits per heavy atom. The van der Waals surface area contributed by atoms with Crippen LogP contribution in [0.5, 0.6) is 0 Å². The molecule has 1 aromatic heterocycles. The van der Waals surface area contributed by atoms with Crippen molar-refractivity contribution in [3.8, 4) is 0 Å². The van der Waals surface area contributed by atoms with Crippen LogP contribution in [0.3, 0.4) is 0 Å². The second-order valence-corrected chi connectivity index (χ2v) is 6.23. The maximum absolute atomic E-state index is 12.4. The quantitative estimate of drug-likeness (QED) is 0.803. The monoisotopic (exact) mass is 280 g/mol. The van der Waals surface area contributed by atoms with Crippen LogP contribution in [0.15, 0.2) is 17.2 Å². The van der Waals surface area contributed by atoms with Crippen molar-refractivity contribution >= 4 is 5.82 Å². The molecule has 0 amide bonds. The largest absolute Gasteiger partial charge is 0.365 e. The van der Waals surface area contributed by atoms with Crippen molar-refractivity contribution in [1.29, 1.82) is 0 Å². The van der Waals surface area contributed by atoms with Crippen molar-refractivity contribution in [3.63, 3.8) is 0 Å². The number of nitrogens with two attached hydrogens (primary N) is 1. The van der Waals surface area contributed by atoms with E-state index in [2.05, 4.69) is 17.2 Å². The van der Waals surface area contributed by atoms with Crippen LogP contribution in [0, 0.1) is 5.92 Å². The molecule has 20 heavy (non-hydrogen) atoms. The van der Waals surface area contributed by atoms with Gasteiger partial charge in [-0.15, -0.1) is 0 Å². The van der Waals surface area contributed by atoms with E-state index in [4.69, 9.17) is 5.73 Å². The third-order valence-corrected chi connectivity index (χ3v) is 3.39. The molecule has 0 fully saturated rings. The lowest BCUT2D eigenvalue weighted by atomic mass is 10.00. The molecule has 0 aliphatic rings. The number of nitrogens with one attached hydrogen (secondary N) is 1. The summed E-state index contributed by atoms with van der Waals surface area (Å²) in [5, 5.41) is 3.20. The molecule has 0 radical (unpaired) electrons. The van der Waals surface area contributed by atoms with E-state index in [-0.39, 0.29) is 11.1 Å². The van der Waals surface area contributed by atoms with E-state index in [1.54, 1.807) is 17.0 Å². The van der Waals surface area contributed by atoms with Gasteiger partial charge in [-0.2, -0.15) is 0 Å². The van der Waals surface area contributed by atoms with Gasteiger partial charge in [0, 0.05) is 24.5 Å². The molecule has 1 heterocycles. The van der Waals surface area contributed by atoms with Gasteiger partial charge in [0.15, 0.2) is 5.82 Å². The number of rotatable bonds is 7. The smallest absolute Gasteiger partial charge is 0.293 e. The van der Waals surface area contributed by atoms with Gasteiger partial charge in [-0.05, 0) is 46.1 Å². The SMILES string of the molecule is CCCC(CCN)CNc1nccn(C(C)(C)C)c1=O. The highest BCUT2D eigenvalue weighted by Crippen LogP contribution is 2.13. The average molecular weight is 280 g/mol. The summed E-state index contributed by atoms with van der Waals surface area (Å²) in [5.74, 6) is 0.926. The van der Waals surface area contributed by atoms with Gasteiger partial charge < -0.3 is 15.6 Å². The summed E-state index contributed by atoms with van der Waals surface area (Å²) >= 11 is 0. The molecule has 0 saturated heterocycles. The summed E-state index contributed by atoms with van der Waals surface area (Å²) in [4.78, 5) is 16.5. The normalized spacial score (nSPS) is 13.2. The van der Waals surface area contributed by atoms with Gasteiger partial charge in [-0.25, -0.2) is 4.98 Å². The second-order valence-electron chi connectivity index (χ2n) is 6.23. The highest BCUT2D eigenvalue weighted by Gasteiger charge is 2.17. The lowest BCUT2D eigenvalue weighted by Crippen LogP contribution is -2.35. The Labute approximate surface area is 121 Å². The average Bonchev–Trinajstić information content (AvgIpc) is 2.36. The summed E-state index contributed by atoms with van der Waals surface area (Å²) in [6.07, 6.45) is 6.62. The minimum atomic E-state index is -0.240. The summed E-state index contributed by atoms with van der Waals surface area (Å²) in [5.41, 5.74) is 5.32. The molecule has 5 nitrogen and oxygen atoms in total. The third kappa shape index (κ3) is 4.63. The molecule has 1 rings (SSSR count). The number of aromatic nitrogens is 2. The maximum Gasteiger partial charge on any atom is 0.293 e. The molecule has 0 aliphatic heterocycles. The first kappa shape index (κ1) is 16.7. The predicted molar refractivity (Wildman–Crippen MR) is 84.1 cm³/mol. The van der Waals surface area contributed by atoms with Crippen LogP contribution >= 0.6 is 0 Å². The van der Waals surface area contributed by atoms with Crippen molar-refractivity contribution in [1.82, 2.24) is 9.55 Å². The van der Waals surface area contributed by atoms with E-state index in [0.29, 0.717) is 18.3 Å². The third-order valence-electron chi connectivity index (χ3n) is 3.39. The first-order valence-electron chi connectivity index (χ1n) is 7.42. The Bertz CT molecular complexity index is 456. The lowest BCUT2D eigenvalue weighted by Gasteiger charge is -2.23. The van der Waals surface area contributed by atoms with Crippen molar-refractivity contribution < 1.29 is 0 Å². The van der Waals surface area contributed by atoms with E-state index in [1.165, 1.54) is 0 Å². The molecule has 0 spiro atoms. The van der Waals surface area contributed by atoms with Gasteiger partial charge in [0.25, 0.3) is 5.56 Å². The molecule has 1 aromatic rings. The fourth-order valence-electron chi connectivity index (χ4n) is 2.29. The molecule has 1 unspecified atom stereocenters. The fourth-order valence-corrected chi connectivity index (χ4v) is 2.29. The van der Waals surface area contributed by atoms with Crippen molar-refractivity contribution in [2.24, 2.45) is 11.7 Å². The van der Waals surface area contributed by atoms with Gasteiger partial charge in [0.1, 0.15) is 0 Å². The van der Waals surface area contributed by atoms with E-state index in [9.17, 15) is 4.79 Å². The number of nitrogens with zero attached hydrogens (tertiary/aromatic N) is 2. The highest BCUT2D eigenvalue weighted by atomic mass is 16.1. The van der Waals surface area contributed by atoms with Crippen molar-refractivity contribution in [3.05, 3.63) is 22.7 Å². The Morgan fingerprint density at radius 3 is 2.65 bits per heavy atom. The number of anilines is 1. The topological polar surface area (TPSA) is 72.9 Å². The zero-order valence-corrected chi connectivity index (χ0v) is 13.1. The van der Waals surface area contributed by atoms with Crippen LogP contribution in [0.2, 0.25) is 0 Å². The van der Waals surface area contributed by atoms with Crippen LogP contribution in [0.25, 0.3) is 0 Å². The molecule has 114 valence electrons. The minimum Gasteiger partial charge on any atom is -0.365 e. The summed E-state index contributed by atoms with van der Waals surface area (Å²) in [6, 6.07) is 0. The van der Waals surface area contributed by atoms with Gasteiger partial charge >= 0.3 is 0 Å². The van der Waals surface area contributed by atoms with Crippen molar-refractivity contribution in [2.75, 3.05) is 18.4 Å². The zero-order chi connectivity index (χ0) is 15.2. The van der Waals surface area contributed by atoms with E-state index >= 15 is 0 Å². The lowest BCUT2D eigenvalue weighted by molar-refractivity contribution is 0.383. The Hall–Kier alpha value is -1.36. The van der Waals surface area contributed by atoms with Gasteiger partial charge in [0.2, 0.25) is 0 Å². The van der Waals surface area contributed by atoms with E-state index in [1.807, 2.05) is 20.8 Å². The maximum atomic E-state index is 12.4. The Balaban J connectivity index is 2.80. The van der Waals surface area contributed by atoms with Crippen molar-refractivity contribution in [2.45, 2.75) is 52.5 Å². The number of hydrogen-bond donors (Lipinski definition) is 2. The number of hydrogen-bond acceptors (Lipinski definition) is 4. The van der Waals surface area contributed by atoms with Gasteiger partial charge in [-0.1, -0.05) is 13.3 Å². The fraction of sp³-hybridized carbons (Fsp3) is 0.733. The molecule has 0 aliphatic carbocycles. The van der Waals surface area contributed by atoms with E-state index < -0.39 is 0 Å². The Kier molecular flexibility index (Phi) is 6.20. The van der Waals surface area contributed by atoms with Crippen LogP contribution in [0.1, 0.15) is 47.0 Å². The molecule has 0 aromatic carbocycles. The second kappa shape index (κ2) is 7.43. The molecule has 5 heteroatoms. The van der Waals surface area contributed by atoms with Gasteiger partial charge in [-0.3, -0.25) is 4.79 Å². The molecule has 1 atom stereocenters. The van der Waals surface area contributed by atoms with Gasteiger partial charge in [0.05, 0.1) is 0 Å². The van der Waals surface area contributed by atoms with E-state index in [0.717, 1.165) is 25.8 Å². The minimum absolute atomic E-state index is 0.0667. The standard InChI is InChI=1S/C15H28N4O/c1-5-6-12(7-8-16)11-18-13-14(20)19(10-9-17-13)15(2,3)4/h9-10,12H,5-8,11,16H2,1-4H3,(H,17,18). The molecule has 0 bridgehead atoms.